The lowest BCUT2D eigenvalue weighted by Crippen LogP contribution is -1.78. The number of thiol groups is 1. The monoisotopic (exact) mass is 280 g/mol. The molecule has 0 N–H and O–H groups in total. The summed E-state index contributed by atoms with van der Waals surface area (Å²) in [7, 11) is 0. The van der Waals surface area contributed by atoms with Gasteiger partial charge in [-0.15, -0.1) is 12.6 Å². The van der Waals surface area contributed by atoms with E-state index in [1.54, 1.807) is 0 Å². The van der Waals surface area contributed by atoms with Crippen molar-refractivity contribution in [2.24, 2.45) is 0 Å². The fourth-order valence-electron chi connectivity index (χ4n) is 0.661. The van der Waals surface area contributed by atoms with Crippen LogP contribution in [-0.4, -0.2) is 0 Å². The van der Waals surface area contributed by atoms with Gasteiger partial charge in [-0.25, -0.2) is 0 Å². The van der Waals surface area contributed by atoms with Gasteiger partial charge >= 0.3 is 0 Å². The van der Waals surface area contributed by atoms with E-state index in [1.165, 1.54) is 5.56 Å². The highest BCUT2D eigenvalue weighted by molar-refractivity contribution is 9.24. The number of rotatable bonds is 1. The minimum Gasteiger partial charge on any atom is -0.143 e. The van der Waals surface area contributed by atoms with Crippen molar-refractivity contribution in [1.82, 2.24) is 0 Å². The van der Waals surface area contributed by atoms with E-state index < -0.39 is 0 Å². The van der Waals surface area contributed by atoms with Gasteiger partial charge in [-0.2, -0.15) is 0 Å². The summed E-state index contributed by atoms with van der Waals surface area (Å²) in [5.41, 5.74) is 1.19. The zero-order chi connectivity index (χ0) is 7.56. The maximum Gasteiger partial charge on any atom is 0.0946 e. The van der Waals surface area contributed by atoms with Crippen LogP contribution in [0.2, 0.25) is 0 Å². The summed E-state index contributed by atoms with van der Waals surface area (Å²) in [6, 6.07) is 7.98. The first-order valence-electron chi connectivity index (χ1n) is 2.77. The second-order valence-electron chi connectivity index (χ2n) is 1.90. The van der Waals surface area contributed by atoms with Gasteiger partial charge in [0, 0.05) is 4.90 Å². The molecule has 0 aliphatic heterocycles. The fraction of sp³-hybridized carbons (Fsp3) is 0.143. The van der Waals surface area contributed by atoms with Crippen molar-refractivity contribution in [3.8, 4) is 0 Å². The summed E-state index contributed by atoms with van der Waals surface area (Å²) in [5.74, 6) is 0. The van der Waals surface area contributed by atoms with Crippen molar-refractivity contribution < 1.29 is 0 Å². The molecular formula is C7H6Br2S. The maximum absolute atomic E-state index is 4.21. The molecule has 54 valence electrons. The molecule has 0 aliphatic rings. The highest BCUT2D eigenvalue weighted by Gasteiger charge is 2.00. The molecule has 0 saturated carbocycles. The Balaban J connectivity index is 2.96. The zero-order valence-corrected chi connectivity index (χ0v) is 9.16. The third-order valence-corrected chi connectivity index (χ3v) is 2.46. The smallest absolute Gasteiger partial charge is 0.0946 e. The quantitative estimate of drug-likeness (QED) is 0.588. The van der Waals surface area contributed by atoms with Gasteiger partial charge in [0.15, 0.2) is 0 Å². The Morgan fingerprint density at radius 2 is 2.00 bits per heavy atom. The Bertz CT molecular complexity index is 223. The lowest BCUT2D eigenvalue weighted by Gasteiger charge is -2.00. The molecule has 0 nitrogen and oxygen atoms in total. The number of hydrogen-bond acceptors (Lipinski definition) is 1. The molecule has 0 fully saturated rings. The van der Waals surface area contributed by atoms with Crippen molar-refractivity contribution in [3.63, 3.8) is 0 Å². The standard InChI is InChI=1S/C7H6Br2S/c8-7(9)5-2-1-3-6(10)4-5/h1-4,7,10H. The van der Waals surface area contributed by atoms with Gasteiger partial charge in [0.1, 0.15) is 0 Å². The Hall–Kier alpha value is 0.530. The molecule has 0 saturated heterocycles. The Labute approximate surface area is 82.7 Å². The molecular weight excluding hydrogens is 276 g/mol. The molecule has 0 unspecified atom stereocenters. The molecule has 0 bridgehead atoms. The van der Waals surface area contributed by atoms with Crippen molar-refractivity contribution >= 4 is 44.5 Å². The van der Waals surface area contributed by atoms with Crippen LogP contribution in [0, 0.1) is 0 Å². The third-order valence-electron chi connectivity index (χ3n) is 1.12. The molecule has 0 aromatic heterocycles. The molecule has 0 heterocycles. The molecule has 10 heavy (non-hydrogen) atoms. The van der Waals surface area contributed by atoms with E-state index in [1.807, 2.05) is 24.3 Å². The minimum atomic E-state index is 0.229. The van der Waals surface area contributed by atoms with Gasteiger partial charge in [-0.1, -0.05) is 44.0 Å². The predicted octanol–water partition coefficient (Wildman–Crippen LogP) is 3.76. The number of halogens is 2. The van der Waals surface area contributed by atoms with E-state index in [0.29, 0.717) is 0 Å². The summed E-state index contributed by atoms with van der Waals surface area (Å²) in [5, 5.41) is 0. The van der Waals surface area contributed by atoms with Crippen LogP contribution in [0.3, 0.4) is 0 Å². The Morgan fingerprint density at radius 3 is 2.40 bits per heavy atom. The van der Waals surface area contributed by atoms with Gasteiger partial charge in [0.25, 0.3) is 0 Å². The molecule has 1 aromatic rings. The first kappa shape index (κ1) is 8.62. The molecule has 1 rings (SSSR count). The Morgan fingerprint density at radius 1 is 1.30 bits per heavy atom. The summed E-state index contributed by atoms with van der Waals surface area (Å²) in [4.78, 5) is 0.987. The first-order chi connectivity index (χ1) is 4.70. The van der Waals surface area contributed by atoms with Gasteiger partial charge in [-0.05, 0) is 17.7 Å². The fourth-order valence-corrected chi connectivity index (χ4v) is 1.47. The van der Waals surface area contributed by atoms with Crippen molar-refractivity contribution in [2.75, 3.05) is 0 Å². The number of alkyl halides is 2. The van der Waals surface area contributed by atoms with E-state index >= 15 is 0 Å². The average Bonchev–Trinajstić information content (AvgIpc) is 1.88. The zero-order valence-electron chi connectivity index (χ0n) is 5.09. The molecule has 0 amide bonds. The second-order valence-corrected chi connectivity index (χ2v) is 5.47. The lowest BCUT2D eigenvalue weighted by molar-refractivity contribution is 1.34. The molecule has 0 aliphatic carbocycles. The van der Waals surface area contributed by atoms with Crippen LogP contribution < -0.4 is 0 Å². The van der Waals surface area contributed by atoms with Crippen molar-refractivity contribution in [2.45, 2.75) is 8.63 Å². The highest BCUT2D eigenvalue weighted by atomic mass is 79.9. The predicted molar refractivity (Wildman–Crippen MR) is 54.3 cm³/mol. The van der Waals surface area contributed by atoms with Crippen LogP contribution in [0.5, 0.6) is 0 Å². The van der Waals surface area contributed by atoms with E-state index in [0.717, 1.165) is 4.90 Å². The van der Waals surface area contributed by atoms with E-state index in [2.05, 4.69) is 44.5 Å². The van der Waals surface area contributed by atoms with Crippen LogP contribution in [0.4, 0.5) is 0 Å². The molecule has 0 radical (unpaired) electrons. The number of benzene rings is 1. The van der Waals surface area contributed by atoms with Gasteiger partial charge < -0.3 is 0 Å². The maximum atomic E-state index is 4.21. The van der Waals surface area contributed by atoms with Crippen LogP contribution in [0.25, 0.3) is 0 Å². The summed E-state index contributed by atoms with van der Waals surface area (Å²) in [6.45, 7) is 0. The van der Waals surface area contributed by atoms with Crippen LogP contribution in [0.15, 0.2) is 29.2 Å². The largest absolute Gasteiger partial charge is 0.143 e. The van der Waals surface area contributed by atoms with Crippen LogP contribution >= 0.6 is 44.5 Å². The van der Waals surface area contributed by atoms with Crippen molar-refractivity contribution in [1.29, 1.82) is 0 Å². The highest BCUT2D eigenvalue weighted by Crippen LogP contribution is 2.29. The molecule has 1 aromatic carbocycles. The SMILES string of the molecule is Sc1cccc(C(Br)Br)c1. The van der Waals surface area contributed by atoms with Gasteiger partial charge in [0.05, 0.1) is 3.74 Å². The van der Waals surface area contributed by atoms with Crippen molar-refractivity contribution in [3.05, 3.63) is 29.8 Å². The third kappa shape index (κ3) is 2.29. The van der Waals surface area contributed by atoms with Gasteiger partial charge in [0.2, 0.25) is 0 Å². The molecule has 0 atom stereocenters. The van der Waals surface area contributed by atoms with Crippen LogP contribution in [0.1, 0.15) is 9.30 Å². The molecule has 3 heteroatoms. The normalized spacial score (nSPS) is 10.4. The minimum absolute atomic E-state index is 0.229. The lowest BCUT2D eigenvalue weighted by atomic mass is 10.2. The molecule has 0 spiro atoms. The van der Waals surface area contributed by atoms with E-state index in [9.17, 15) is 0 Å². The first-order valence-corrected chi connectivity index (χ1v) is 5.05. The summed E-state index contributed by atoms with van der Waals surface area (Å²) < 4.78 is 0.229. The average molecular weight is 282 g/mol. The summed E-state index contributed by atoms with van der Waals surface area (Å²) >= 11 is 11.0. The summed E-state index contributed by atoms with van der Waals surface area (Å²) in [6.07, 6.45) is 0. The van der Waals surface area contributed by atoms with E-state index in [-0.39, 0.29) is 3.74 Å². The Kier molecular flexibility index (Phi) is 3.27. The second kappa shape index (κ2) is 3.79. The van der Waals surface area contributed by atoms with E-state index in [4.69, 9.17) is 0 Å². The number of hydrogen-bond donors (Lipinski definition) is 1. The van der Waals surface area contributed by atoms with Crippen LogP contribution in [-0.2, 0) is 0 Å². The topological polar surface area (TPSA) is 0 Å². The van der Waals surface area contributed by atoms with Gasteiger partial charge in [-0.3, -0.25) is 0 Å².